The van der Waals surface area contributed by atoms with E-state index in [1.54, 1.807) is 0 Å². The highest BCUT2D eigenvalue weighted by atomic mass is 15.2. The summed E-state index contributed by atoms with van der Waals surface area (Å²) in [5, 5.41) is 0. The second-order valence-corrected chi connectivity index (χ2v) is 5.67. The number of anilines is 1. The molecule has 0 unspecified atom stereocenters. The highest BCUT2D eigenvalue weighted by Gasteiger charge is 2.19. The van der Waals surface area contributed by atoms with Gasteiger partial charge in [-0.05, 0) is 25.0 Å². The van der Waals surface area contributed by atoms with Gasteiger partial charge in [0.05, 0.1) is 12.2 Å². The maximum atomic E-state index is 4.73. The molecule has 0 saturated heterocycles. The Morgan fingerprint density at radius 1 is 1.00 bits per heavy atom. The van der Waals surface area contributed by atoms with Gasteiger partial charge in [0.15, 0.2) is 5.82 Å². The standard InChI is InChI=1S/C18H17N5/c1-13-20-11-15-8-10-23(12-16(15)21-13)17-7-9-19-18(22-17)14-5-3-2-4-6-14/h2-7,9,11H,8,10,12H2,1H3. The van der Waals surface area contributed by atoms with E-state index in [0.29, 0.717) is 0 Å². The van der Waals surface area contributed by atoms with Crippen molar-refractivity contribution in [3.8, 4) is 11.4 Å². The molecule has 1 aliphatic rings. The number of fused-ring (bicyclic) bond motifs is 1. The van der Waals surface area contributed by atoms with Gasteiger partial charge in [-0.1, -0.05) is 30.3 Å². The van der Waals surface area contributed by atoms with Crippen LogP contribution in [0.4, 0.5) is 5.82 Å². The summed E-state index contributed by atoms with van der Waals surface area (Å²) in [5.74, 6) is 2.52. The lowest BCUT2D eigenvalue weighted by Gasteiger charge is -2.29. The summed E-state index contributed by atoms with van der Waals surface area (Å²) in [4.78, 5) is 20.2. The Hall–Kier alpha value is -2.82. The molecular formula is C18H17N5. The van der Waals surface area contributed by atoms with E-state index in [2.05, 4.69) is 19.9 Å². The smallest absolute Gasteiger partial charge is 0.161 e. The molecule has 23 heavy (non-hydrogen) atoms. The molecule has 0 atom stereocenters. The number of nitrogens with zero attached hydrogens (tertiary/aromatic N) is 5. The van der Waals surface area contributed by atoms with Crippen LogP contribution >= 0.6 is 0 Å². The average Bonchev–Trinajstić information content (AvgIpc) is 2.62. The van der Waals surface area contributed by atoms with E-state index in [0.717, 1.165) is 48.2 Å². The van der Waals surface area contributed by atoms with Gasteiger partial charge in [-0.3, -0.25) is 0 Å². The van der Waals surface area contributed by atoms with Crippen LogP contribution in [0.5, 0.6) is 0 Å². The van der Waals surface area contributed by atoms with Crippen molar-refractivity contribution in [2.45, 2.75) is 19.9 Å². The fourth-order valence-corrected chi connectivity index (χ4v) is 2.85. The van der Waals surface area contributed by atoms with Gasteiger partial charge >= 0.3 is 0 Å². The molecule has 1 aliphatic heterocycles. The minimum absolute atomic E-state index is 0.757. The predicted molar refractivity (Wildman–Crippen MR) is 89.0 cm³/mol. The Morgan fingerprint density at radius 3 is 2.74 bits per heavy atom. The van der Waals surface area contributed by atoms with Gasteiger partial charge in [0, 0.05) is 24.5 Å². The highest BCUT2D eigenvalue weighted by Crippen LogP contribution is 2.23. The number of hydrogen-bond acceptors (Lipinski definition) is 5. The lowest BCUT2D eigenvalue weighted by molar-refractivity contribution is 0.689. The molecule has 0 saturated carbocycles. The second-order valence-electron chi connectivity index (χ2n) is 5.67. The summed E-state index contributed by atoms with van der Waals surface area (Å²) in [6.45, 7) is 3.62. The Bertz CT molecular complexity index is 832. The third-order valence-electron chi connectivity index (χ3n) is 4.06. The predicted octanol–water partition coefficient (Wildman–Crippen LogP) is 2.80. The van der Waals surface area contributed by atoms with E-state index >= 15 is 0 Å². The molecule has 0 fully saturated rings. The molecule has 0 amide bonds. The minimum atomic E-state index is 0.757. The van der Waals surface area contributed by atoms with Crippen molar-refractivity contribution in [2.24, 2.45) is 0 Å². The van der Waals surface area contributed by atoms with Crippen LogP contribution in [-0.2, 0) is 13.0 Å². The summed E-state index contributed by atoms with van der Waals surface area (Å²) < 4.78 is 0. The van der Waals surface area contributed by atoms with Crippen LogP contribution in [-0.4, -0.2) is 26.5 Å². The van der Waals surface area contributed by atoms with Gasteiger partial charge in [-0.2, -0.15) is 0 Å². The first-order valence-corrected chi connectivity index (χ1v) is 7.74. The van der Waals surface area contributed by atoms with Crippen LogP contribution in [0, 0.1) is 6.92 Å². The van der Waals surface area contributed by atoms with E-state index in [-0.39, 0.29) is 0 Å². The molecular weight excluding hydrogens is 286 g/mol. The monoisotopic (exact) mass is 303 g/mol. The van der Waals surface area contributed by atoms with E-state index in [1.807, 2.05) is 55.7 Å². The van der Waals surface area contributed by atoms with Gasteiger partial charge in [-0.15, -0.1) is 0 Å². The topological polar surface area (TPSA) is 54.8 Å². The minimum Gasteiger partial charge on any atom is -0.350 e. The molecule has 0 spiro atoms. The Labute approximate surface area is 135 Å². The first kappa shape index (κ1) is 13.8. The maximum absolute atomic E-state index is 4.73. The fraction of sp³-hybridized carbons (Fsp3) is 0.222. The second kappa shape index (κ2) is 5.76. The molecule has 0 N–H and O–H groups in total. The molecule has 4 rings (SSSR count). The number of aryl methyl sites for hydroxylation is 1. The van der Waals surface area contributed by atoms with E-state index in [1.165, 1.54) is 5.56 Å². The first-order valence-electron chi connectivity index (χ1n) is 7.74. The van der Waals surface area contributed by atoms with Crippen molar-refractivity contribution >= 4 is 5.82 Å². The van der Waals surface area contributed by atoms with Gasteiger partial charge in [0.1, 0.15) is 11.6 Å². The number of hydrogen-bond donors (Lipinski definition) is 0. The zero-order valence-corrected chi connectivity index (χ0v) is 13.0. The van der Waals surface area contributed by atoms with Gasteiger partial charge in [0.25, 0.3) is 0 Å². The van der Waals surface area contributed by atoms with Crippen LogP contribution in [0.2, 0.25) is 0 Å². The van der Waals surface area contributed by atoms with Crippen LogP contribution in [0.25, 0.3) is 11.4 Å². The van der Waals surface area contributed by atoms with Crippen LogP contribution in [0.3, 0.4) is 0 Å². The molecule has 0 bridgehead atoms. The molecule has 0 radical (unpaired) electrons. The molecule has 2 aromatic heterocycles. The van der Waals surface area contributed by atoms with Crippen molar-refractivity contribution < 1.29 is 0 Å². The fourth-order valence-electron chi connectivity index (χ4n) is 2.85. The molecule has 5 heteroatoms. The van der Waals surface area contributed by atoms with Crippen LogP contribution < -0.4 is 4.90 Å². The van der Waals surface area contributed by atoms with Crippen molar-refractivity contribution in [1.29, 1.82) is 0 Å². The molecule has 0 aliphatic carbocycles. The normalized spacial score (nSPS) is 13.7. The zero-order valence-electron chi connectivity index (χ0n) is 13.0. The quantitative estimate of drug-likeness (QED) is 0.728. The van der Waals surface area contributed by atoms with Crippen molar-refractivity contribution in [1.82, 2.24) is 19.9 Å². The highest BCUT2D eigenvalue weighted by molar-refractivity contribution is 5.57. The molecule has 3 aromatic rings. The van der Waals surface area contributed by atoms with E-state index in [4.69, 9.17) is 4.98 Å². The Morgan fingerprint density at radius 2 is 1.87 bits per heavy atom. The van der Waals surface area contributed by atoms with Crippen molar-refractivity contribution in [2.75, 3.05) is 11.4 Å². The average molecular weight is 303 g/mol. The third-order valence-corrected chi connectivity index (χ3v) is 4.06. The molecule has 1 aromatic carbocycles. The maximum Gasteiger partial charge on any atom is 0.161 e. The Kier molecular flexibility index (Phi) is 3.46. The van der Waals surface area contributed by atoms with Crippen molar-refractivity contribution in [3.05, 3.63) is 65.9 Å². The van der Waals surface area contributed by atoms with Gasteiger partial charge in [-0.25, -0.2) is 19.9 Å². The summed E-state index contributed by atoms with van der Waals surface area (Å²) >= 11 is 0. The van der Waals surface area contributed by atoms with E-state index in [9.17, 15) is 0 Å². The van der Waals surface area contributed by atoms with Crippen molar-refractivity contribution in [3.63, 3.8) is 0 Å². The largest absolute Gasteiger partial charge is 0.350 e. The Balaban J connectivity index is 1.64. The number of benzene rings is 1. The van der Waals surface area contributed by atoms with Crippen LogP contribution in [0.15, 0.2) is 48.8 Å². The summed E-state index contributed by atoms with van der Waals surface area (Å²) in [7, 11) is 0. The van der Waals surface area contributed by atoms with Crippen LogP contribution in [0.1, 0.15) is 17.1 Å². The van der Waals surface area contributed by atoms with Gasteiger partial charge < -0.3 is 4.90 Å². The van der Waals surface area contributed by atoms with E-state index < -0.39 is 0 Å². The SMILES string of the molecule is Cc1ncc2c(n1)CN(c1ccnc(-c3ccccc3)n1)CC2. The van der Waals surface area contributed by atoms with Gasteiger partial charge in [0.2, 0.25) is 0 Å². The molecule has 114 valence electrons. The summed E-state index contributed by atoms with van der Waals surface area (Å²) in [6, 6.07) is 12.0. The summed E-state index contributed by atoms with van der Waals surface area (Å²) in [6.07, 6.45) is 4.72. The molecule has 3 heterocycles. The third kappa shape index (κ3) is 2.77. The number of aromatic nitrogens is 4. The lowest BCUT2D eigenvalue weighted by atomic mass is 10.1. The summed E-state index contributed by atoms with van der Waals surface area (Å²) in [5.41, 5.74) is 3.37. The zero-order chi connectivity index (χ0) is 15.6. The molecule has 5 nitrogen and oxygen atoms in total. The first-order chi connectivity index (χ1) is 11.3. The lowest BCUT2D eigenvalue weighted by Crippen LogP contribution is -2.32. The number of rotatable bonds is 2.